The number of para-hydroxylation sites is 2. The van der Waals surface area contributed by atoms with Crippen LogP contribution < -0.4 is 5.32 Å². The van der Waals surface area contributed by atoms with Gasteiger partial charge in [0.2, 0.25) is 0 Å². The molecule has 4 heteroatoms. The predicted molar refractivity (Wildman–Crippen MR) is 56.5 cm³/mol. The molecule has 4 nitrogen and oxygen atoms in total. The van der Waals surface area contributed by atoms with Crippen LogP contribution in [0.2, 0.25) is 0 Å². The van der Waals surface area contributed by atoms with Crippen LogP contribution in [-0.2, 0) is 0 Å². The van der Waals surface area contributed by atoms with Gasteiger partial charge in [0, 0.05) is 0 Å². The number of anilines is 1. The minimum atomic E-state index is 0.0354. The number of nitriles is 2. The number of nitrogens with zero attached hydrogens (tertiary/aromatic N) is 3. The largest absolute Gasteiger partial charge is 0.351 e. The second-order valence-electron chi connectivity index (χ2n) is 2.91. The molecule has 1 aliphatic heterocycles. The number of benzene rings is 1. The topological polar surface area (TPSA) is 72.0 Å². The van der Waals surface area contributed by atoms with E-state index in [1.807, 2.05) is 36.4 Å². The maximum Gasteiger partial charge on any atom is 0.154 e. The fraction of sp³-hybridized carbons (Fsp3) is 0. The van der Waals surface area contributed by atoms with Gasteiger partial charge in [-0.3, -0.25) is 4.99 Å². The summed E-state index contributed by atoms with van der Waals surface area (Å²) in [6.45, 7) is 0. The number of aliphatic imine (C=N–C) groups is 1. The summed E-state index contributed by atoms with van der Waals surface area (Å²) in [5.74, 6) is 0. The molecule has 0 fully saturated rings. The second-order valence-corrected chi connectivity index (χ2v) is 2.91. The summed E-state index contributed by atoms with van der Waals surface area (Å²) < 4.78 is 0. The number of nitrogens with one attached hydrogen (secondary N) is 1. The van der Waals surface area contributed by atoms with Crippen molar-refractivity contribution in [1.82, 2.24) is 0 Å². The van der Waals surface area contributed by atoms with Crippen molar-refractivity contribution in [3.8, 4) is 12.1 Å². The highest BCUT2D eigenvalue weighted by Gasteiger charge is 2.11. The van der Waals surface area contributed by atoms with E-state index in [0.717, 1.165) is 11.4 Å². The molecular formula is C11H6N4. The first-order valence-electron chi connectivity index (χ1n) is 4.30. The zero-order valence-corrected chi connectivity index (χ0v) is 7.73. The Labute approximate surface area is 86.8 Å². The molecular weight excluding hydrogens is 188 g/mol. The van der Waals surface area contributed by atoms with E-state index >= 15 is 0 Å². The molecule has 1 aromatic carbocycles. The molecule has 0 aromatic heterocycles. The Morgan fingerprint density at radius 1 is 1.20 bits per heavy atom. The van der Waals surface area contributed by atoms with Crippen molar-refractivity contribution < 1.29 is 0 Å². The van der Waals surface area contributed by atoms with Crippen LogP contribution in [0.25, 0.3) is 0 Å². The number of hydrogen-bond donors (Lipinski definition) is 1. The summed E-state index contributed by atoms with van der Waals surface area (Å²) in [7, 11) is 0. The van der Waals surface area contributed by atoms with Gasteiger partial charge in [-0.1, -0.05) is 12.1 Å². The Bertz CT molecular complexity index is 524. The molecule has 0 amide bonds. The molecule has 0 saturated carbocycles. The summed E-state index contributed by atoms with van der Waals surface area (Å²) >= 11 is 0. The first kappa shape index (κ1) is 8.98. The van der Waals surface area contributed by atoms with Gasteiger partial charge in [-0.25, -0.2) is 0 Å². The maximum absolute atomic E-state index is 8.69. The van der Waals surface area contributed by atoms with Crippen molar-refractivity contribution in [1.29, 1.82) is 10.5 Å². The Kier molecular flexibility index (Phi) is 2.19. The van der Waals surface area contributed by atoms with E-state index in [4.69, 9.17) is 10.5 Å². The minimum absolute atomic E-state index is 0.0354. The van der Waals surface area contributed by atoms with E-state index in [0.29, 0.717) is 5.70 Å². The molecule has 15 heavy (non-hydrogen) atoms. The first-order valence-corrected chi connectivity index (χ1v) is 4.30. The predicted octanol–water partition coefficient (Wildman–Crippen LogP) is 2.12. The fourth-order valence-corrected chi connectivity index (χ4v) is 1.28. The lowest BCUT2D eigenvalue weighted by Gasteiger charge is -2.13. The Morgan fingerprint density at radius 2 is 1.93 bits per heavy atom. The van der Waals surface area contributed by atoms with E-state index in [1.54, 1.807) is 0 Å². The van der Waals surface area contributed by atoms with E-state index in [1.165, 1.54) is 6.21 Å². The third-order valence-electron chi connectivity index (χ3n) is 2.00. The maximum atomic E-state index is 8.69. The smallest absolute Gasteiger partial charge is 0.154 e. The number of allylic oxidation sites excluding steroid dienone is 2. The van der Waals surface area contributed by atoms with Gasteiger partial charge in [0.25, 0.3) is 0 Å². The molecule has 1 N–H and O–H groups in total. The van der Waals surface area contributed by atoms with Crippen LogP contribution in [0.15, 0.2) is 40.5 Å². The summed E-state index contributed by atoms with van der Waals surface area (Å²) in [6.07, 6.45) is 1.49. The molecule has 0 unspecified atom stereocenters. The van der Waals surface area contributed by atoms with Crippen molar-refractivity contribution in [3.63, 3.8) is 0 Å². The van der Waals surface area contributed by atoms with Crippen molar-refractivity contribution in [3.05, 3.63) is 35.5 Å². The lowest BCUT2D eigenvalue weighted by Crippen LogP contribution is -2.07. The molecule has 0 radical (unpaired) electrons. The second kappa shape index (κ2) is 3.65. The van der Waals surface area contributed by atoms with Crippen molar-refractivity contribution in [2.75, 3.05) is 5.32 Å². The van der Waals surface area contributed by atoms with Crippen LogP contribution in [0.1, 0.15) is 0 Å². The minimum Gasteiger partial charge on any atom is -0.351 e. The zero-order valence-electron chi connectivity index (χ0n) is 7.73. The fourth-order valence-electron chi connectivity index (χ4n) is 1.28. The summed E-state index contributed by atoms with van der Waals surface area (Å²) in [5, 5.41) is 20.4. The van der Waals surface area contributed by atoms with Crippen LogP contribution in [0, 0.1) is 22.7 Å². The molecule has 2 rings (SSSR count). The van der Waals surface area contributed by atoms with Crippen molar-refractivity contribution in [2.45, 2.75) is 0 Å². The molecule has 0 saturated heterocycles. The van der Waals surface area contributed by atoms with Crippen molar-refractivity contribution >= 4 is 17.6 Å². The van der Waals surface area contributed by atoms with Crippen LogP contribution in [0.3, 0.4) is 0 Å². The average Bonchev–Trinajstić information content (AvgIpc) is 2.30. The third kappa shape index (κ3) is 1.56. The molecule has 1 aliphatic rings. The number of rotatable bonds is 0. The van der Waals surface area contributed by atoms with E-state index in [9.17, 15) is 0 Å². The average molecular weight is 194 g/mol. The summed E-state index contributed by atoms with van der Waals surface area (Å²) in [5.41, 5.74) is 2.08. The number of fused-ring (bicyclic) bond motifs is 1. The first-order chi connectivity index (χ1) is 7.35. The standard InChI is InChI=1S/C11H6N4/c12-5-8(6-13)11-7-14-9-3-1-2-4-10(9)15-11/h1-4,7,15H. The molecule has 0 spiro atoms. The van der Waals surface area contributed by atoms with Gasteiger partial charge in [0.15, 0.2) is 5.57 Å². The van der Waals surface area contributed by atoms with Gasteiger partial charge in [0.1, 0.15) is 12.1 Å². The highest BCUT2D eigenvalue weighted by atomic mass is 15.0. The summed E-state index contributed by atoms with van der Waals surface area (Å²) in [4.78, 5) is 4.14. The quantitative estimate of drug-likeness (QED) is 0.643. The molecule has 0 aliphatic carbocycles. The van der Waals surface area contributed by atoms with Gasteiger partial charge in [-0.2, -0.15) is 10.5 Å². The molecule has 0 atom stereocenters. The van der Waals surface area contributed by atoms with Gasteiger partial charge >= 0.3 is 0 Å². The molecule has 70 valence electrons. The Morgan fingerprint density at radius 3 is 2.67 bits per heavy atom. The van der Waals surface area contributed by atoms with E-state index < -0.39 is 0 Å². The van der Waals surface area contributed by atoms with Gasteiger partial charge in [-0.15, -0.1) is 0 Å². The van der Waals surface area contributed by atoms with Crippen molar-refractivity contribution in [2.24, 2.45) is 4.99 Å². The zero-order chi connectivity index (χ0) is 10.7. The lowest BCUT2D eigenvalue weighted by atomic mass is 10.2. The lowest BCUT2D eigenvalue weighted by molar-refractivity contribution is 1.38. The highest BCUT2D eigenvalue weighted by molar-refractivity contribution is 5.94. The molecule has 0 bridgehead atoms. The van der Waals surface area contributed by atoms with Gasteiger partial charge in [0.05, 0.1) is 23.3 Å². The molecule has 1 aromatic rings. The van der Waals surface area contributed by atoms with Crippen LogP contribution in [0.5, 0.6) is 0 Å². The van der Waals surface area contributed by atoms with E-state index in [-0.39, 0.29) is 5.57 Å². The third-order valence-corrected chi connectivity index (χ3v) is 2.00. The van der Waals surface area contributed by atoms with Crippen LogP contribution in [-0.4, -0.2) is 6.21 Å². The van der Waals surface area contributed by atoms with E-state index in [2.05, 4.69) is 10.3 Å². The van der Waals surface area contributed by atoms with Gasteiger partial charge < -0.3 is 5.32 Å². The van der Waals surface area contributed by atoms with Gasteiger partial charge in [-0.05, 0) is 12.1 Å². The normalized spacial score (nSPS) is 12.0. The summed E-state index contributed by atoms with van der Waals surface area (Å²) in [6, 6.07) is 11.1. The SMILES string of the molecule is N#CC(C#N)=C1C=Nc2ccccc2N1. The number of hydrogen-bond acceptors (Lipinski definition) is 4. The Hall–Kier alpha value is -2.59. The highest BCUT2D eigenvalue weighted by Crippen LogP contribution is 2.28. The Balaban J connectivity index is 2.48. The monoisotopic (exact) mass is 194 g/mol. The van der Waals surface area contributed by atoms with Crippen LogP contribution in [0.4, 0.5) is 11.4 Å². The van der Waals surface area contributed by atoms with Crippen LogP contribution >= 0.6 is 0 Å². The molecule has 1 heterocycles.